The number of ether oxygens (including phenoxy) is 1. The molecule has 5 N–H and O–H groups in total. The molecular weight excluding hydrogens is 564 g/mol. The van der Waals surface area contributed by atoms with Gasteiger partial charge in [0.1, 0.15) is 25.7 Å². The Balaban J connectivity index is 1.69. The number of aldehydes is 1. The third kappa shape index (κ3) is 14.0. The molecule has 0 bridgehead atoms. The van der Waals surface area contributed by atoms with Gasteiger partial charge >= 0.3 is 0 Å². The van der Waals surface area contributed by atoms with Crippen molar-refractivity contribution in [2.24, 2.45) is 0 Å². The molecule has 1 aromatic carbocycles. The van der Waals surface area contributed by atoms with Gasteiger partial charge in [0.2, 0.25) is 29.5 Å². The minimum absolute atomic E-state index is 0.119. The monoisotopic (exact) mass is 600 g/mol. The number of carbonyl (C=O) groups is 8. The van der Waals surface area contributed by atoms with E-state index in [-0.39, 0.29) is 57.0 Å². The predicted molar refractivity (Wildman–Crippen MR) is 150 cm³/mol. The van der Waals surface area contributed by atoms with Crippen molar-refractivity contribution in [2.75, 3.05) is 39.5 Å². The van der Waals surface area contributed by atoms with Crippen molar-refractivity contribution in [3.8, 4) is 0 Å². The molecule has 0 aliphatic carbocycles. The smallest absolute Gasteiger partial charge is 0.253 e. The number of benzene rings is 1. The fourth-order valence-corrected chi connectivity index (χ4v) is 3.79. The molecule has 0 saturated heterocycles. The highest BCUT2D eigenvalue weighted by Crippen LogP contribution is 2.08. The van der Waals surface area contributed by atoms with Crippen molar-refractivity contribution < 1.29 is 43.1 Å². The molecule has 0 aromatic heterocycles. The van der Waals surface area contributed by atoms with Crippen molar-refractivity contribution in [1.29, 1.82) is 0 Å². The van der Waals surface area contributed by atoms with Crippen LogP contribution < -0.4 is 26.6 Å². The van der Waals surface area contributed by atoms with Gasteiger partial charge in [-0.15, -0.1) is 0 Å². The van der Waals surface area contributed by atoms with Gasteiger partial charge in [-0.25, -0.2) is 0 Å². The van der Waals surface area contributed by atoms with Crippen molar-refractivity contribution in [1.82, 2.24) is 31.5 Å². The number of carbonyl (C=O) groups excluding carboxylic acids is 8. The number of amides is 7. The maximum Gasteiger partial charge on any atom is 0.253 e. The fraction of sp³-hybridized carbons (Fsp3) is 0.429. The lowest BCUT2D eigenvalue weighted by molar-refractivity contribution is -0.137. The first-order valence-corrected chi connectivity index (χ1v) is 13.7. The molecule has 2 rings (SSSR count). The first kappa shape index (κ1) is 34.3. The Kier molecular flexibility index (Phi) is 15.3. The molecule has 0 spiro atoms. The molecule has 1 heterocycles. The van der Waals surface area contributed by atoms with Gasteiger partial charge in [-0.3, -0.25) is 38.5 Å². The molecule has 232 valence electrons. The van der Waals surface area contributed by atoms with E-state index in [1.807, 2.05) is 0 Å². The third-order valence-electron chi connectivity index (χ3n) is 5.99. The third-order valence-corrected chi connectivity index (χ3v) is 5.99. The molecule has 43 heavy (non-hydrogen) atoms. The van der Waals surface area contributed by atoms with Gasteiger partial charge in [-0.05, 0) is 18.4 Å². The van der Waals surface area contributed by atoms with Crippen molar-refractivity contribution in [2.45, 2.75) is 38.1 Å². The first-order valence-electron chi connectivity index (χ1n) is 13.7. The second kappa shape index (κ2) is 19.2. The summed E-state index contributed by atoms with van der Waals surface area (Å²) in [6.07, 6.45) is 4.88. The number of rotatable bonds is 20. The Bertz CT molecular complexity index is 1170. The quantitative estimate of drug-likeness (QED) is 0.0477. The van der Waals surface area contributed by atoms with Gasteiger partial charge in [0.05, 0.1) is 19.6 Å². The van der Waals surface area contributed by atoms with Gasteiger partial charge in [0, 0.05) is 31.5 Å². The second-order valence-corrected chi connectivity index (χ2v) is 9.33. The molecule has 7 amide bonds. The summed E-state index contributed by atoms with van der Waals surface area (Å²) >= 11 is 0. The topological polar surface area (TPSA) is 209 Å². The highest BCUT2D eigenvalue weighted by Gasteiger charge is 2.23. The van der Waals surface area contributed by atoms with Crippen LogP contribution >= 0.6 is 0 Å². The molecule has 1 unspecified atom stereocenters. The Hall–Kier alpha value is -4.92. The van der Waals surface area contributed by atoms with Gasteiger partial charge in [0.25, 0.3) is 11.8 Å². The van der Waals surface area contributed by atoms with E-state index in [0.717, 1.165) is 10.5 Å². The Morgan fingerprint density at radius 2 is 1.40 bits per heavy atom. The number of imide groups is 1. The van der Waals surface area contributed by atoms with Crippen LogP contribution in [0.15, 0.2) is 42.5 Å². The number of unbranched alkanes of at least 4 members (excludes halogenated alkanes) is 2. The lowest BCUT2D eigenvalue weighted by atomic mass is 10.1. The second-order valence-electron chi connectivity index (χ2n) is 9.33. The van der Waals surface area contributed by atoms with Gasteiger partial charge in [0.15, 0.2) is 0 Å². The summed E-state index contributed by atoms with van der Waals surface area (Å²) in [6, 6.07) is 7.81. The van der Waals surface area contributed by atoms with Crippen LogP contribution in [0.2, 0.25) is 0 Å². The standard InChI is InChI=1S/C28H36N6O9/c35-13-14-43-19-32-24(38)17-31-28(42)21(15-20-7-3-1-4-8-20)33-25(39)18-30-23(37)16-29-22(36)9-5-2-6-12-34-26(40)10-11-27(34)41/h1,3-4,7-8,10-11,13,21H,2,5-6,9,12,14-19H2,(H,29,36)(H,30,37)(H,31,42)(H,32,38)(H,33,39). The van der Waals surface area contributed by atoms with E-state index < -0.39 is 42.8 Å². The van der Waals surface area contributed by atoms with Crippen LogP contribution in [0, 0.1) is 0 Å². The minimum Gasteiger partial charge on any atom is -0.354 e. The Morgan fingerprint density at radius 1 is 0.767 bits per heavy atom. The summed E-state index contributed by atoms with van der Waals surface area (Å²) in [5.74, 6) is -3.53. The lowest BCUT2D eigenvalue weighted by Gasteiger charge is -2.19. The summed E-state index contributed by atoms with van der Waals surface area (Å²) in [5, 5.41) is 12.1. The highest BCUT2D eigenvalue weighted by molar-refractivity contribution is 6.12. The molecule has 0 saturated carbocycles. The molecule has 1 aliphatic heterocycles. The number of hydrogen-bond acceptors (Lipinski definition) is 9. The Morgan fingerprint density at radius 3 is 2.09 bits per heavy atom. The molecule has 1 aliphatic rings. The van der Waals surface area contributed by atoms with E-state index in [9.17, 15) is 38.4 Å². The van der Waals surface area contributed by atoms with Crippen LogP contribution in [0.25, 0.3) is 0 Å². The van der Waals surface area contributed by atoms with E-state index >= 15 is 0 Å². The molecular formula is C28H36N6O9. The van der Waals surface area contributed by atoms with E-state index in [1.165, 1.54) is 12.2 Å². The molecule has 0 radical (unpaired) electrons. The summed E-state index contributed by atoms with van der Waals surface area (Å²) in [7, 11) is 0. The fourth-order valence-electron chi connectivity index (χ4n) is 3.79. The predicted octanol–water partition coefficient (Wildman–Crippen LogP) is -2.16. The van der Waals surface area contributed by atoms with E-state index in [4.69, 9.17) is 4.74 Å². The van der Waals surface area contributed by atoms with Crippen molar-refractivity contribution in [3.63, 3.8) is 0 Å². The average Bonchev–Trinajstić information content (AvgIpc) is 3.32. The van der Waals surface area contributed by atoms with Gasteiger partial charge < -0.3 is 36.1 Å². The van der Waals surface area contributed by atoms with E-state index in [2.05, 4.69) is 26.6 Å². The zero-order valence-electron chi connectivity index (χ0n) is 23.6. The normalized spacial score (nSPS) is 12.8. The summed E-state index contributed by atoms with van der Waals surface area (Å²) in [4.78, 5) is 95.6. The van der Waals surface area contributed by atoms with Crippen LogP contribution in [0.4, 0.5) is 0 Å². The SMILES string of the molecule is O=CCOCNC(=O)CNC(=O)C(Cc1ccccc1)NC(=O)CNC(=O)CNC(=O)CCCCCN1C(=O)C=CC1=O. The van der Waals surface area contributed by atoms with Crippen LogP contribution in [0.5, 0.6) is 0 Å². The highest BCUT2D eigenvalue weighted by atomic mass is 16.5. The van der Waals surface area contributed by atoms with Crippen LogP contribution in [0.3, 0.4) is 0 Å². The zero-order valence-corrected chi connectivity index (χ0v) is 23.6. The number of nitrogens with zero attached hydrogens (tertiary/aromatic N) is 1. The first-order chi connectivity index (χ1) is 20.7. The van der Waals surface area contributed by atoms with Gasteiger partial charge in [-0.2, -0.15) is 0 Å². The minimum atomic E-state index is -1.05. The summed E-state index contributed by atoms with van der Waals surface area (Å²) in [5.41, 5.74) is 0.747. The Labute approximate surface area is 248 Å². The molecule has 0 fully saturated rings. The van der Waals surface area contributed by atoms with E-state index in [0.29, 0.717) is 25.5 Å². The summed E-state index contributed by atoms with van der Waals surface area (Å²) in [6.45, 7) is -1.32. The molecule has 1 aromatic rings. The number of hydrogen-bond donors (Lipinski definition) is 5. The van der Waals surface area contributed by atoms with Crippen LogP contribution in [-0.4, -0.2) is 98.1 Å². The maximum atomic E-state index is 12.7. The zero-order chi connectivity index (χ0) is 31.5. The maximum absolute atomic E-state index is 12.7. The largest absolute Gasteiger partial charge is 0.354 e. The molecule has 15 nitrogen and oxygen atoms in total. The molecule has 15 heteroatoms. The van der Waals surface area contributed by atoms with Gasteiger partial charge in [-0.1, -0.05) is 36.8 Å². The van der Waals surface area contributed by atoms with Crippen molar-refractivity contribution in [3.05, 3.63) is 48.0 Å². The lowest BCUT2D eigenvalue weighted by Crippen LogP contribution is -2.52. The number of nitrogens with one attached hydrogen (secondary N) is 5. The summed E-state index contributed by atoms with van der Waals surface area (Å²) < 4.78 is 4.81. The average molecular weight is 601 g/mol. The van der Waals surface area contributed by atoms with Crippen molar-refractivity contribution >= 4 is 47.6 Å². The molecule has 1 atom stereocenters. The van der Waals surface area contributed by atoms with E-state index in [1.54, 1.807) is 30.3 Å². The van der Waals surface area contributed by atoms with Crippen LogP contribution in [-0.2, 0) is 49.5 Å². The van der Waals surface area contributed by atoms with Crippen LogP contribution in [0.1, 0.15) is 31.2 Å².